The van der Waals surface area contributed by atoms with Crippen LogP contribution >= 0.6 is 0 Å². The van der Waals surface area contributed by atoms with Crippen LogP contribution in [0.2, 0.25) is 0 Å². The number of terminal acetylenes is 1. The molecule has 1 saturated heterocycles. The molecule has 1 fully saturated rings. The van der Waals surface area contributed by atoms with E-state index in [2.05, 4.69) is 11.2 Å². The van der Waals surface area contributed by atoms with E-state index in [0.717, 1.165) is 19.3 Å². The number of hydrogen-bond donors (Lipinski definition) is 1. The van der Waals surface area contributed by atoms with Crippen molar-refractivity contribution >= 4 is 5.91 Å². The summed E-state index contributed by atoms with van der Waals surface area (Å²) in [6.45, 7) is 0.979. The van der Waals surface area contributed by atoms with Crippen molar-refractivity contribution in [2.45, 2.75) is 25.4 Å². The first kappa shape index (κ1) is 9.08. The van der Waals surface area contributed by atoms with Crippen LogP contribution in [0, 0.1) is 12.3 Å². The third-order valence-electron chi connectivity index (χ3n) is 1.84. The summed E-state index contributed by atoms with van der Waals surface area (Å²) in [6, 6.07) is 0. The van der Waals surface area contributed by atoms with Crippen molar-refractivity contribution in [2.75, 3.05) is 13.2 Å². The monoisotopic (exact) mass is 167 g/mol. The second-order valence-electron chi connectivity index (χ2n) is 2.78. The Labute approximate surface area is 72.5 Å². The van der Waals surface area contributed by atoms with Gasteiger partial charge in [0.15, 0.2) is 0 Å². The van der Waals surface area contributed by atoms with E-state index in [1.165, 1.54) is 0 Å². The topological polar surface area (TPSA) is 38.3 Å². The van der Waals surface area contributed by atoms with Gasteiger partial charge in [-0.05, 0) is 19.3 Å². The van der Waals surface area contributed by atoms with E-state index in [1.54, 1.807) is 0 Å². The van der Waals surface area contributed by atoms with Gasteiger partial charge in [-0.3, -0.25) is 4.79 Å². The Kier molecular flexibility index (Phi) is 3.62. The third kappa shape index (κ3) is 2.55. The van der Waals surface area contributed by atoms with E-state index in [-0.39, 0.29) is 12.0 Å². The first-order valence-corrected chi connectivity index (χ1v) is 4.17. The minimum Gasteiger partial charge on any atom is -0.368 e. The molecule has 1 aliphatic rings. The second-order valence-corrected chi connectivity index (χ2v) is 2.78. The van der Waals surface area contributed by atoms with Gasteiger partial charge >= 0.3 is 0 Å². The van der Waals surface area contributed by atoms with E-state index < -0.39 is 0 Å². The Morgan fingerprint density at radius 2 is 2.50 bits per heavy atom. The highest BCUT2D eigenvalue weighted by Gasteiger charge is 2.20. The molecule has 1 atom stereocenters. The molecule has 3 heteroatoms. The van der Waals surface area contributed by atoms with Gasteiger partial charge in [-0.1, -0.05) is 5.92 Å². The lowest BCUT2D eigenvalue weighted by atomic mass is 10.1. The summed E-state index contributed by atoms with van der Waals surface area (Å²) in [5.41, 5.74) is 0. The molecule has 0 aromatic heterocycles. The lowest BCUT2D eigenvalue weighted by Gasteiger charge is -2.20. The van der Waals surface area contributed by atoms with Crippen LogP contribution in [-0.2, 0) is 9.53 Å². The van der Waals surface area contributed by atoms with Gasteiger partial charge in [-0.2, -0.15) is 0 Å². The number of carbonyl (C=O) groups is 1. The predicted octanol–water partition coefficient (Wildman–Crippen LogP) is 0.305. The standard InChI is InChI=1S/C9H13NO2/c1-2-6-10-9(11)8-5-3-4-7-12-8/h1,8H,3-7H2,(H,10,11). The summed E-state index contributed by atoms with van der Waals surface area (Å²) in [5.74, 6) is 2.27. The lowest BCUT2D eigenvalue weighted by molar-refractivity contribution is -0.135. The van der Waals surface area contributed by atoms with Gasteiger partial charge in [-0.25, -0.2) is 0 Å². The summed E-state index contributed by atoms with van der Waals surface area (Å²) < 4.78 is 5.26. The maximum absolute atomic E-state index is 11.2. The lowest BCUT2D eigenvalue weighted by Crippen LogP contribution is -2.38. The fourth-order valence-electron chi connectivity index (χ4n) is 1.20. The summed E-state index contributed by atoms with van der Waals surface area (Å²) in [6.07, 6.45) is 7.66. The predicted molar refractivity (Wildman–Crippen MR) is 45.4 cm³/mol. The van der Waals surface area contributed by atoms with Crippen LogP contribution in [0.1, 0.15) is 19.3 Å². The molecule has 0 saturated carbocycles. The molecule has 0 aromatic rings. The molecule has 1 N–H and O–H groups in total. The molecular weight excluding hydrogens is 154 g/mol. The fraction of sp³-hybridized carbons (Fsp3) is 0.667. The highest BCUT2D eigenvalue weighted by atomic mass is 16.5. The summed E-state index contributed by atoms with van der Waals surface area (Å²) in [4.78, 5) is 11.2. The maximum atomic E-state index is 11.2. The molecule has 1 unspecified atom stereocenters. The van der Waals surface area contributed by atoms with E-state index in [1.807, 2.05) is 0 Å². The summed E-state index contributed by atoms with van der Waals surface area (Å²) in [5, 5.41) is 2.60. The minimum absolute atomic E-state index is 0.0762. The van der Waals surface area contributed by atoms with Gasteiger partial charge < -0.3 is 10.1 Å². The Hall–Kier alpha value is -1.01. The number of nitrogens with one attached hydrogen (secondary N) is 1. The molecule has 1 heterocycles. The Morgan fingerprint density at radius 1 is 1.67 bits per heavy atom. The third-order valence-corrected chi connectivity index (χ3v) is 1.84. The first-order chi connectivity index (χ1) is 5.84. The molecule has 0 aromatic carbocycles. The molecule has 12 heavy (non-hydrogen) atoms. The van der Waals surface area contributed by atoms with Crippen LogP contribution < -0.4 is 5.32 Å². The fourth-order valence-corrected chi connectivity index (χ4v) is 1.20. The second kappa shape index (κ2) is 4.78. The molecule has 3 nitrogen and oxygen atoms in total. The number of ether oxygens (including phenoxy) is 1. The van der Waals surface area contributed by atoms with Gasteiger partial charge in [0, 0.05) is 6.61 Å². The molecule has 0 spiro atoms. The van der Waals surface area contributed by atoms with Crippen LogP contribution in [-0.4, -0.2) is 25.2 Å². The largest absolute Gasteiger partial charge is 0.368 e. The van der Waals surface area contributed by atoms with E-state index in [0.29, 0.717) is 13.2 Å². The molecule has 1 aliphatic heterocycles. The van der Waals surface area contributed by atoms with E-state index in [9.17, 15) is 4.79 Å². The molecule has 0 radical (unpaired) electrons. The van der Waals surface area contributed by atoms with Crippen molar-refractivity contribution in [3.05, 3.63) is 0 Å². The van der Waals surface area contributed by atoms with Crippen LogP contribution in [0.15, 0.2) is 0 Å². The first-order valence-electron chi connectivity index (χ1n) is 4.17. The van der Waals surface area contributed by atoms with Crippen molar-refractivity contribution in [2.24, 2.45) is 0 Å². The molecule has 1 rings (SSSR count). The van der Waals surface area contributed by atoms with Crippen LogP contribution in [0.4, 0.5) is 0 Å². The average molecular weight is 167 g/mol. The Balaban J connectivity index is 2.26. The molecule has 0 aliphatic carbocycles. The van der Waals surface area contributed by atoms with Gasteiger partial charge in [-0.15, -0.1) is 6.42 Å². The van der Waals surface area contributed by atoms with Crippen LogP contribution in [0.25, 0.3) is 0 Å². The molecule has 66 valence electrons. The van der Waals surface area contributed by atoms with Crippen molar-refractivity contribution < 1.29 is 9.53 Å². The van der Waals surface area contributed by atoms with Gasteiger partial charge in [0.1, 0.15) is 6.10 Å². The highest BCUT2D eigenvalue weighted by Crippen LogP contribution is 2.12. The van der Waals surface area contributed by atoms with Crippen molar-refractivity contribution in [3.8, 4) is 12.3 Å². The minimum atomic E-state index is -0.271. The molecule has 1 amide bonds. The average Bonchev–Trinajstić information content (AvgIpc) is 2.15. The zero-order valence-electron chi connectivity index (χ0n) is 7.01. The quantitative estimate of drug-likeness (QED) is 0.601. The summed E-state index contributed by atoms with van der Waals surface area (Å²) >= 11 is 0. The molecular formula is C9H13NO2. The van der Waals surface area contributed by atoms with Gasteiger partial charge in [0.25, 0.3) is 0 Å². The van der Waals surface area contributed by atoms with Crippen molar-refractivity contribution in [1.29, 1.82) is 0 Å². The smallest absolute Gasteiger partial charge is 0.249 e. The number of rotatable bonds is 2. The summed E-state index contributed by atoms with van der Waals surface area (Å²) in [7, 11) is 0. The normalized spacial score (nSPS) is 22.8. The van der Waals surface area contributed by atoms with Crippen LogP contribution in [0.3, 0.4) is 0 Å². The van der Waals surface area contributed by atoms with Gasteiger partial charge in [0.2, 0.25) is 5.91 Å². The van der Waals surface area contributed by atoms with E-state index >= 15 is 0 Å². The Bertz CT molecular complexity index is 189. The zero-order chi connectivity index (χ0) is 8.81. The Morgan fingerprint density at radius 3 is 3.08 bits per heavy atom. The van der Waals surface area contributed by atoms with Crippen molar-refractivity contribution in [3.63, 3.8) is 0 Å². The number of carbonyl (C=O) groups excluding carboxylic acids is 1. The van der Waals surface area contributed by atoms with Crippen LogP contribution in [0.5, 0.6) is 0 Å². The number of amides is 1. The number of hydrogen-bond acceptors (Lipinski definition) is 2. The highest BCUT2D eigenvalue weighted by molar-refractivity contribution is 5.81. The SMILES string of the molecule is C#CCNC(=O)C1CCCCO1. The van der Waals surface area contributed by atoms with E-state index in [4.69, 9.17) is 11.2 Å². The zero-order valence-corrected chi connectivity index (χ0v) is 7.01. The maximum Gasteiger partial charge on any atom is 0.249 e. The van der Waals surface area contributed by atoms with Gasteiger partial charge in [0.05, 0.1) is 6.54 Å². The molecule has 0 bridgehead atoms. The van der Waals surface area contributed by atoms with Crippen molar-refractivity contribution in [1.82, 2.24) is 5.32 Å².